The van der Waals surface area contributed by atoms with Crippen LogP contribution in [0.3, 0.4) is 0 Å². The van der Waals surface area contributed by atoms with E-state index in [1.807, 2.05) is 13.8 Å². The first kappa shape index (κ1) is 23.0. The van der Waals surface area contributed by atoms with Gasteiger partial charge in [-0.05, 0) is 76.1 Å². The molecule has 0 aliphatic carbocycles. The summed E-state index contributed by atoms with van der Waals surface area (Å²) in [7, 11) is -2.24. The fourth-order valence-electron chi connectivity index (χ4n) is 2.93. The number of sulfonamides is 1. The van der Waals surface area contributed by atoms with Crippen LogP contribution in [-0.4, -0.2) is 33.1 Å². The Bertz CT molecular complexity index is 990. The van der Waals surface area contributed by atoms with Crippen LogP contribution in [0.4, 0.5) is 10.1 Å². The number of halogens is 1. The zero-order valence-electron chi connectivity index (χ0n) is 17.2. The van der Waals surface area contributed by atoms with E-state index in [1.54, 1.807) is 21.0 Å². The molecule has 0 aliphatic heterocycles. The molecule has 2 aromatic carbocycles. The summed E-state index contributed by atoms with van der Waals surface area (Å²) in [4.78, 5) is 12.5. The summed E-state index contributed by atoms with van der Waals surface area (Å²) >= 11 is 0. The average molecular weight is 423 g/mol. The summed E-state index contributed by atoms with van der Waals surface area (Å²) < 4.78 is 46.7. The lowest BCUT2D eigenvalue weighted by Gasteiger charge is -2.27. The maximum Gasteiger partial charge on any atom is 0.255 e. The summed E-state index contributed by atoms with van der Waals surface area (Å²) in [6, 6.07) is 9.60. The van der Waals surface area contributed by atoms with E-state index in [9.17, 15) is 17.6 Å². The molecule has 6 nitrogen and oxygen atoms in total. The van der Waals surface area contributed by atoms with Crippen molar-refractivity contribution in [2.24, 2.45) is 0 Å². The summed E-state index contributed by atoms with van der Waals surface area (Å²) in [5, 5.41) is 2.65. The Balaban J connectivity index is 2.16. The Morgan fingerprint density at radius 1 is 1.21 bits per heavy atom. The van der Waals surface area contributed by atoms with Gasteiger partial charge in [0.1, 0.15) is 5.82 Å². The number of hydrogen-bond donors (Lipinski definition) is 2. The lowest BCUT2D eigenvalue weighted by molar-refractivity contribution is 0.0103. The lowest BCUT2D eigenvalue weighted by Crippen LogP contribution is -2.38. The lowest BCUT2D eigenvalue weighted by atomic mass is 10.0. The highest BCUT2D eigenvalue weighted by molar-refractivity contribution is 7.89. The predicted molar refractivity (Wildman–Crippen MR) is 111 cm³/mol. The molecule has 0 heterocycles. The number of rotatable bonds is 8. The molecule has 0 saturated heterocycles. The first-order valence-electron chi connectivity index (χ1n) is 9.18. The number of amides is 1. The number of carbonyl (C=O) groups excluding carboxylic acids is 1. The van der Waals surface area contributed by atoms with E-state index in [4.69, 9.17) is 4.74 Å². The maximum absolute atomic E-state index is 13.4. The van der Waals surface area contributed by atoms with Crippen LogP contribution in [0.25, 0.3) is 0 Å². The molecular weight excluding hydrogens is 395 g/mol. The highest BCUT2D eigenvalue weighted by Crippen LogP contribution is 2.19. The van der Waals surface area contributed by atoms with Crippen LogP contribution < -0.4 is 10.0 Å². The van der Waals surface area contributed by atoms with Crippen LogP contribution in [0.2, 0.25) is 0 Å². The maximum atomic E-state index is 13.4. The second kappa shape index (κ2) is 9.02. The molecule has 0 radical (unpaired) electrons. The Morgan fingerprint density at radius 3 is 2.52 bits per heavy atom. The predicted octanol–water partition coefficient (Wildman–Crippen LogP) is 3.87. The van der Waals surface area contributed by atoms with Crippen LogP contribution in [0.15, 0.2) is 47.4 Å². The molecule has 0 aliphatic rings. The molecule has 1 atom stereocenters. The van der Waals surface area contributed by atoms with Crippen molar-refractivity contribution in [1.82, 2.24) is 4.72 Å². The molecule has 1 amide bonds. The number of carbonyl (C=O) groups is 1. The van der Waals surface area contributed by atoms with Gasteiger partial charge >= 0.3 is 0 Å². The summed E-state index contributed by atoms with van der Waals surface area (Å²) in [5.41, 5.74) is 0.531. The highest BCUT2D eigenvalue weighted by atomic mass is 32.2. The average Bonchev–Trinajstić information content (AvgIpc) is 2.64. The molecule has 0 saturated carbocycles. The Labute approximate surface area is 171 Å². The Kier molecular flexibility index (Phi) is 7.15. The molecule has 0 aromatic heterocycles. The fraction of sp³-hybridized carbons (Fsp3) is 0.381. The van der Waals surface area contributed by atoms with Gasteiger partial charge in [-0.1, -0.05) is 6.07 Å². The van der Waals surface area contributed by atoms with Crippen molar-refractivity contribution in [2.75, 3.05) is 12.4 Å². The molecule has 2 N–H and O–H groups in total. The number of hydrogen-bond acceptors (Lipinski definition) is 4. The number of methoxy groups -OCH3 is 1. The van der Waals surface area contributed by atoms with E-state index in [0.29, 0.717) is 17.7 Å². The summed E-state index contributed by atoms with van der Waals surface area (Å²) in [5.74, 6) is -0.852. The third-order valence-corrected chi connectivity index (χ3v) is 6.12. The number of anilines is 1. The van der Waals surface area contributed by atoms with Crippen molar-refractivity contribution in [2.45, 2.75) is 50.7 Å². The van der Waals surface area contributed by atoms with Gasteiger partial charge in [0.05, 0.1) is 10.5 Å². The van der Waals surface area contributed by atoms with Crippen molar-refractivity contribution in [1.29, 1.82) is 0 Å². The normalized spacial score (nSPS) is 13.2. The zero-order chi connectivity index (χ0) is 21.8. The van der Waals surface area contributed by atoms with Gasteiger partial charge in [0, 0.05) is 24.4 Å². The first-order valence-corrected chi connectivity index (χ1v) is 10.7. The largest absolute Gasteiger partial charge is 0.379 e. The Hall–Kier alpha value is -2.29. The standard InChI is InChI=1S/C21H27FN2O4S/c1-14-11-17(9-10-19(14)22)23-20(25)16-7-6-8-18(12-16)29(26,27)24-15(2)13-21(3,4)28-5/h6-12,15,24H,13H2,1-5H3,(H,23,25). The van der Waals surface area contributed by atoms with Crippen LogP contribution in [0.5, 0.6) is 0 Å². The number of aryl methyl sites for hydroxylation is 1. The number of benzene rings is 2. The first-order chi connectivity index (χ1) is 13.4. The van der Waals surface area contributed by atoms with Crippen molar-refractivity contribution in [3.8, 4) is 0 Å². The molecule has 0 spiro atoms. The van der Waals surface area contributed by atoms with Crippen molar-refractivity contribution < 1.29 is 22.3 Å². The van der Waals surface area contributed by atoms with Crippen molar-refractivity contribution in [3.63, 3.8) is 0 Å². The Morgan fingerprint density at radius 2 is 1.90 bits per heavy atom. The quantitative estimate of drug-likeness (QED) is 0.676. The van der Waals surface area contributed by atoms with E-state index in [1.165, 1.54) is 42.5 Å². The second-order valence-corrected chi connectivity index (χ2v) is 9.35. The molecule has 1 unspecified atom stereocenters. The van der Waals surface area contributed by atoms with Crippen LogP contribution in [0, 0.1) is 12.7 Å². The minimum absolute atomic E-state index is 0.0116. The molecular formula is C21H27FN2O4S. The monoisotopic (exact) mass is 422 g/mol. The van der Waals surface area contributed by atoms with Gasteiger partial charge < -0.3 is 10.1 Å². The van der Waals surface area contributed by atoms with E-state index >= 15 is 0 Å². The van der Waals surface area contributed by atoms with Crippen molar-refractivity contribution >= 4 is 21.6 Å². The minimum atomic E-state index is -3.82. The second-order valence-electron chi connectivity index (χ2n) is 7.64. The smallest absolute Gasteiger partial charge is 0.255 e. The van der Waals surface area contributed by atoms with E-state index in [-0.39, 0.29) is 22.3 Å². The topological polar surface area (TPSA) is 84.5 Å². The molecule has 0 fully saturated rings. The van der Waals surface area contributed by atoms with Gasteiger partial charge in [0.25, 0.3) is 5.91 Å². The third kappa shape index (κ3) is 6.35. The molecule has 2 rings (SSSR count). The van der Waals surface area contributed by atoms with Crippen molar-refractivity contribution in [3.05, 3.63) is 59.4 Å². The van der Waals surface area contributed by atoms with Gasteiger partial charge in [-0.3, -0.25) is 4.79 Å². The molecule has 29 heavy (non-hydrogen) atoms. The molecule has 158 valence electrons. The molecule has 8 heteroatoms. The van der Waals surface area contributed by atoms with E-state index in [0.717, 1.165) is 0 Å². The van der Waals surface area contributed by atoms with Gasteiger partial charge in [0.2, 0.25) is 10.0 Å². The molecule has 2 aromatic rings. The van der Waals surface area contributed by atoms with Gasteiger partial charge in [0.15, 0.2) is 0 Å². The van der Waals surface area contributed by atoms with Crippen LogP contribution >= 0.6 is 0 Å². The van der Waals surface area contributed by atoms with Gasteiger partial charge in [-0.2, -0.15) is 0 Å². The van der Waals surface area contributed by atoms with Gasteiger partial charge in [-0.15, -0.1) is 0 Å². The van der Waals surface area contributed by atoms with E-state index < -0.39 is 21.5 Å². The SMILES string of the molecule is COC(C)(C)CC(C)NS(=O)(=O)c1cccc(C(=O)Nc2ccc(F)c(C)c2)c1. The third-order valence-electron chi connectivity index (χ3n) is 4.53. The number of ether oxygens (including phenoxy) is 1. The van der Waals surface area contributed by atoms with E-state index in [2.05, 4.69) is 10.0 Å². The van der Waals surface area contributed by atoms with Crippen LogP contribution in [-0.2, 0) is 14.8 Å². The van der Waals surface area contributed by atoms with Crippen LogP contribution in [0.1, 0.15) is 43.1 Å². The minimum Gasteiger partial charge on any atom is -0.379 e. The molecule has 0 bridgehead atoms. The van der Waals surface area contributed by atoms with Gasteiger partial charge in [-0.25, -0.2) is 17.5 Å². The zero-order valence-corrected chi connectivity index (χ0v) is 18.1. The summed E-state index contributed by atoms with van der Waals surface area (Å²) in [6.07, 6.45) is 0.479. The fourth-order valence-corrected chi connectivity index (χ4v) is 4.21. The number of nitrogens with one attached hydrogen (secondary N) is 2. The summed E-state index contributed by atoms with van der Waals surface area (Å²) in [6.45, 7) is 7.10. The highest BCUT2D eigenvalue weighted by Gasteiger charge is 2.25.